The maximum absolute atomic E-state index is 12.6. The molecule has 0 radical (unpaired) electrons. The van der Waals surface area contributed by atoms with Crippen LogP contribution in [0.25, 0.3) is 0 Å². The molecule has 3 rings (SSSR count). The summed E-state index contributed by atoms with van der Waals surface area (Å²) in [5.41, 5.74) is 1.49. The van der Waals surface area contributed by atoms with Crippen LogP contribution in [0.4, 0.5) is 5.69 Å². The van der Waals surface area contributed by atoms with Gasteiger partial charge in [-0.1, -0.05) is 13.8 Å². The molecule has 1 aromatic carbocycles. The Morgan fingerprint density at radius 2 is 2.00 bits per heavy atom. The van der Waals surface area contributed by atoms with Crippen molar-refractivity contribution >= 4 is 33.4 Å². The lowest BCUT2D eigenvalue weighted by molar-refractivity contribution is -0.136. The molecule has 0 saturated carbocycles. The van der Waals surface area contributed by atoms with E-state index in [2.05, 4.69) is 10.0 Å². The number of fused-ring (bicyclic) bond motifs is 1. The minimum atomic E-state index is -3.46. The Morgan fingerprint density at radius 1 is 1.27 bits per heavy atom. The van der Waals surface area contributed by atoms with Gasteiger partial charge in [-0.05, 0) is 36.1 Å². The molecule has 0 aliphatic carbocycles. The molecular formula is C17H21N3O5S. The van der Waals surface area contributed by atoms with Crippen molar-refractivity contribution in [2.75, 3.05) is 10.5 Å². The average Bonchev–Trinajstić information content (AvgIpc) is 2.82. The summed E-state index contributed by atoms with van der Waals surface area (Å²) in [7, 11) is -3.46. The molecule has 0 bridgehead atoms. The summed E-state index contributed by atoms with van der Waals surface area (Å²) in [6.45, 7) is 3.84. The number of hydrogen-bond acceptors (Lipinski definition) is 5. The Kier molecular flexibility index (Phi) is 4.74. The van der Waals surface area contributed by atoms with Gasteiger partial charge >= 0.3 is 0 Å². The third-order valence-electron chi connectivity index (χ3n) is 4.35. The minimum absolute atomic E-state index is 0.00537. The second-order valence-corrected chi connectivity index (χ2v) is 8.82. The summed E-state index contributed by atoms with van der Waals surface area (Å²) in [6, 6.07) is 4.05. The fourth-order valence-corrected chi connectivity index (χ4v) is 4.75. The number of nitrogens with zero attached hydrogens (tertiary/aromatic N) is 1. The molecule has 2 aliphatic heterocycles. The summed E-state index contributed by atoms with van der Waals surface area (Å²) in [6.07, 6.45) is 0.481. The Bertz CT molecular complexity index is 878. The third-order valence-corrected chi connectivity index (χ3v) is 6.00. The summed E-state index contributed by atoms with van der Waals surface area (Å²) in [5, 5.41) is 2.25. The van der Waals surface area contributed by atoms with E-state index in [1.54, 1.807) is 18.2 Å². The summed E-state index contributed by atoms with van der Waals surface area (Å²) >= 11 is 0. The van der Waals surface area contributed by atoms with E-state index in [4.69, 9.17) is 0 Å². The third kappa shape index (κ3) is 3.72. The van der Waals surface area contributed by atoms with Crippen molar-refractivity contribution in [3.05, 3.63) is 29.3 Å². The van der Waals surface area contributed by atoms with Crippen LogP contribution >= 0.6 is 0 Å². The van der Waals surface area contributed by atoms with Crippen LogP contribution in [0.15, 0.2) is 18.2 Å². The van der Waals surface area contributed by atoms with Gasteiger partial charge in [-0.3, -0.25) is 24.4 Å². The van der Waals surface area contributed by atoms with Gasteiger partial charge < -0.3 is 4.90 Å². The summed E-state index contributed by atoms with van der Waals surface area (Å²) in [4.78, 5) is 37.3. The van der Waals surface area contributed by atoms with Crippen molar-refractivity contribution in [1.29, 1.82) is 0 Å². The van der Waals surface area contributed by atoms with E-state index >= 15 is 0 Å². The van der Waals surface area contributed by atoms with Crippen LogP contribution in [0, 0.1) is 5.92 Å². The molecule has 2 aliphatic rings. The fraction of sp³-hybridized carbons (Fsp3) is 0.471. The van der Waals surface area contributed by atoms with E-state index < -0.39 is 22.0 Å². The van der Waals surface area contributed by atoms with E-state index in [0.717, 1.165) is 0 Å². The molecule has 26 heavy (non-hydrogen) atoms. The number of carbonyl (C=O) groups is 3. The van der Waals surface area contributed by atoms with Crippen molar-refractivity contribution in [1.82, 2.24) is 10.2 Å². The predicted molar refractivity (Wildman–Crippen MR) is 94.7 cm³/mol. The normalized spacial score (nSPS) is 20.3. The Balaban J connectivity index is 1.78. The molecule has 0 spiro atoms. The second-order valence-electron chi connectivity index (χ2n) is 7.05. The van der Waals surface area contributed by atoms with Gasteiger partial charge in [-0.25, -0.2) is 8.42 Å². The topological polar surface area (TPSA) is 113 Å². The highest BCUT2D eigenvalue weighted by molar-refractivity contribution is 7.92. The van der Waals surface area contributed by atoms with Crippen molar-refractivity contribution in [2.24, 2.45) is 5.92 Å². The maximum Gasteiger partial charge on any atom is 0.255 e. The van der Waals surface area contributed by atoms with Gasteiger partial charge in [0.25, 0.3) is 5.91 Å². The number of rotatable bonds is 5. The Labute approximate surface area is 152 Å². The average molecular weight is 379 g/mol. The first-order chi connectivity index (χ1) is 12.2. The standard InChI is InChI=1S/C17H21N3O5S/c1-10(2)9-26(24,25)19-12-3-4-13-11(7-12)8-20(17(13)23)14-5-6-15(21)18-16(14)22/h3-4,7,10,14,19H,5-6,8-9H2,1-2H3,(H,18,21,22). The quantitative estimate of drug-likeness (QED) is 0.737. The lowest BCUT2D eigenvalue weighted by Crippen LogP contribution is -2.52. The molecule has 3 amide bonds. The van der Waals surface area contributed by atoms with E-state index in [1.807, 2.05) is 13.8 Å². The van der Waals surface area contributed by atoms with Crippen molar-refractivity contribution < 1.29 is 22.8 Å². The molecule has 0 aromatic heterocycles. The zero-order valence-corrected chi connectivity index (χ0v) is 15.4. The van der Waals surface area contributed by atoms with Gasteiger partial charge in [0.05, 0.1) is 5.75 Å². The van der Waals surface area contributed by atoms with E-state index in [-0.39, 0.29) is 42.9 Å². The molecule has 140 valence electrons. The largest absolute Gasteiger partial charge is 0.322 e. The molecule has 1 atom stereocenters. The molecule has 2 N–H and O–H groups in total. The van der Waals surface area contributed by atoms with Crippen molar-refractivity contribution in [2.45, 2.75) is 39.3 Å². The SMILES string of the molecule is CC(C)CS(=O)(=O)Nc1ccc2c(c1)CN(C1CCC(=O)NC1=O)C2=O. The summed E-state index contributed by atoms with van der Waals surface area (Å²) < 4.78 is 26.7. The van der Waals surface area contributed by atoms with Crippen molar-refractivity contribution in [3.8, 4) is 0 Å². The number of carbonyl (C=O) groups excluding carboxylic acids is 3. The van der Waals surface area contributed by atoms with E-state index in [1.165, 1.54) is 4.90 Å². The molecule has 8 nitrogen and oxygen atoms in total. The van der Waals surface area contributed by atoms with Crippen LogP contribution in [0.1, 0.15) is 42.6 Å². The van der Waals surface area contributed by atoms with Crippen molar-refractivity contribution in [3.63, 3.8) is 0 Å². The lowest BCUT2D eigenvalue weighted by atomic mass is 10.0. The van der Waals surface area contributed by atoms with Crippen LogP contribution in [0.2, 0.25) is 0 Å². The number of nitrogens with one attached hydrogen (secondary N) is 2. The fourth-order valence-electron chi connectivity index (χ4n) is 3.30. The summed E-state index contributed by atoms with van der Waals surface area (Å²) in [5.74, 6) is -1.10. The molecule has 1 aromatic rings. The second kappa shape index (κ2) is 6.71. The van der Waals surface area contributed by atoms with Gasteiger partial charge in [-0.15, -0.1) is 0 Å². The highest BCUT2D eigenvalue weighted by Gasteiger charge is 2.39. The highest BCUT2D eigenvalue weighted by atomic mass is 32.2. The van der Waals surface area contributed by atoms with Crippen LogP contribution in [0.5, 0.6) is 0 Å². The Hall–Kier alpha value is -2.42. The lowest BCUT2D eigenvalue weighted by Gasteiger charge is -2.29. The van der Waals surface area contributed by atoms with Crippen LogP contribution in [-0.2, 0) is 26.2 Å². The van der Waals surface area contributed by atoms with Gasteiger partial charge in [0, 0.05) is 24.2 Å². The number of piperidine rings is 1. The zero-order valence-electron chi connectivity index (χ0n) is 14.6. The Morgan fingerprint density at radius 3 is 2.65 bits per heavy atom. The highest BCUT2D eigenvalue weighted by Crippen LogP contribution is 2.29. The molecule has 2 heterocycles. The number of amides is 3. The molecular weight excluding hydrogens is 358 g/mol. The molecule has 1 fully saturated rings. The van der Waals surface area contributed by atoms with Crippen LogP contribution in [-0.4, -0.2) is 42.8 Å². The number of imide groups is 1. The predicted octanol–water partition coefficient (Wildman–Crippen LogP) is 0.845. The first-order valence-corrected chi connectivity index (χ1v) is 10.1. The van der Waals surface area contributed by atoms with E-state index in [0.29, 0.717) is 16.8 Å². The van der Waals surface area contributed by atoms with Gasteiger partial charge in [-0.2, -0.15) is 0 Å². The van der Waals surface area contributed by atoms with Gasteiger partial charge in [0.2, 0.25) is 21.8 Å². The zero-order chi connectivity index (χ0) is 19.1. The number of hydrogen-bond donors (Lipinski definition) is 2. The number of anilines is 1. The molecule has 1 unspecified atom stereocenters. The first-order valence-electron chi connectivity index (χ1n) is 8.44. The van der Waals surface area contributed by atoms with Crippen LogP contribution in [0.3, 0.4) is 0 Å². The smallest absolute Gasteiger partial charge is 0.255 e. The van der Waals surface area contributed by atoms with Gasteiger partial charge in [0.15, 0.2) is 0 Å². The molecule has 1 saturated heterocycles. The van der Waals surface area contributed by atoms with E-state index in [9.17, 15) is 22.8 Å². The van der Waals surface area contributed by atoms with Crippen LogP contribution < -0.4 is 10.0 Å². The molecule has 9 heteroatoms. The number of benzene rings is 1. The van der Waals surface area contributed by atoms with Gasteiger partial charge in [0.1, 0.15) is 6.04 Å². The first kappa shape index (κ1) is 18.4. The monoisotopic (exact) mass is 379 g/mol. The minimum Gasteiger partial charge on any atom is -0.322 e. The maximum atomic E-state index is 12.6. The number of sulfonamides is 1.